The Bertz CT molecular complexity index is 559. The van der Waals surface area contributed by atoms with Crippen molar-refractivity contribution >= 4 is 54.6 Å². The Morgan fingerprint density at radius 3 is 2.46 bits per heavy atom. The number of carbonyl (C=O) groups excluding carboxylic acids is 1. The monoisotopic (exact) mass is 453 g/mol. The van der Waals surface area contributed by atoms with Crippen LogP contribution in [-0.2, 0) is 4.79 Å². The van der Waals surface area contributed by atoms with E-state index in [-0.39, 0.29) is 43.1 Å². The van der Waals surface area contributed by atoms with Crippen LogP contribution >= 0.6 is 37.2 Å². The van der Waals surface area contributed by atoms with Crippen molar-refractivity contribution in [3.05, 3.63) is 18.3 Å². The number of hydrogen-bond donors (Lipinski definition) is 2. The summed E-state index contributed by atoms with van der Waals surface area (Å²) < 4.78 is 0. The molecule has 28 heavy (non-hydrogen) atoms. The van der Waals surface area contributed by atoms with E-state index in [1.807, 2.05) is 12.3 Å². The third-order valence-electron chi connectivity index (χ3n) is 5.52. The first kappa shape index (κ1) is 27.2. The first-order valence-electron chi connectivity index (χ1n) is 9.50. The predicted octanol–water partition coefficient (Wildman–Crippen LogP) is 3.21. The lowest BCUT2D eigenvalue weighted by Gasteiger charge is -2.36. The van der Waals surface area contributed by atoms with Gasteiger partial charge in [0.1, 0.15) is 5.82 Å². The van der Waals surface area contributed by atoms with Crippen molar-refractivity contribution in [1.82, 2.24) is 15.2 Å². The molecular weight excluding hydrogens is 421 g/mol. The highest BCUT2D eigenvalue weighted by atomic mass is 35.5. The second kappa shape index (κ2) is 13.4. The van der Waals surface area contributed by atoms with E-state index in [1.54, 1.807) is 0 Å². The van der Waals surface area contributed by atoms with Gasteiger partial charge in [-0.2, -0.15) is 0 Å². The molecule has 0 spiro atoms. The molecule has 1 amide bonds. The minimum absolute atomic E-state index is 0. The molecule has 1 aromatic heterocycles. The highest BCUT2D eigenvalue weighted by Gasteiger charge is 2.21. The Labute approximate surface area is 187 Å². The third-order valence-corrected chi connectivity index (χ3v) is 5.52. The molecule has 2 N–H and O–H groups in total. The van der Waals surface area contributed by atoms with Gasteiger partial charge in [-0.05, 0) is 70.9 Å². The summed E-state index contributed by atoms with van der Waals surface area (Å²) in [6.07, 6.45) is 6.96. The maximum Gasteiger partial charge on any atom is 0.225 e. The average Bonchev–Trinajstić information content (AvgIpc) is 3.14. The number of nitrogens with one attached hydrogen (secondary N) is 2. The van der Waals surface area contributed by atoms with E-state index in [0.29, 0.717) is 24.2 Å². The van der Waals surface area contributed by atoms with Crippen LogP contribution in [0.5, 0.6) is 0 Å². The van der Waals surface area contributed by atoms with E-state index >= 15 is 0 Å². The fourth-order valence-electron chi connectivity index (χ4n) is 3.79. The average molecular weight is 455 g/mol. The summed E-state index contributed by atoms with van der Waals surface area (Å²) in [6.45, 7) is 4.25. The van der Waals surface area contributed by atoms with Gasteiger partial charge in [0, 0.05) is 25.6 Å². The van der Waals surface area contributed by atoms with Crippen molar-refractivity contribution < 1.29 is 4.79 Å². The van der Waals surface area contributed by atoms with Gasteiger partial charge >= 0.3 is 0 Å². The molecular formula is C19H34Cl3N5O. The third kappa shape index (κ3) is 7.91. The van der Waals surface area contributed by atoms with Gasteiger partial charge in [-0.15, -0.1) is 37.2 Å². The van der Waals surface area contributed by atoms with Gasteiger partial charge < -0.3 is 20.4 Å². The lowest BCUT2D eigenvalue weighted by Crippen LogP contribution is -2.42. The number of pyridine rings is 1. The lowest BCUT2D eigenvalue weighted by molar-refractivity contribution is -0.116. The molecule has 9 heteroatoms. The van der Waals surface area contributed by atoms with E-state index in [9.17, 15) is 4.79 Å². The number of hydrogen-bond acceptors (Lipinski definition) is 5. The van der Waals surface area contributed by atoms with Gasteiger partial charge in [0.05, 0.1) is 11.9 Å². The van der Waals surface area contributed by atoms with Crippen LogP contribution in [0.15, 0.2) is 18.3 Å². The summed E-state index contributed by atoms with van der Waals surface area (Å²) in [6, 6.07) is 4.67. The quantitative estimate of drug-likeness (QED) is 0.691. The number of anilines is 2. The summed E-state index contributed by atoms with van der Waals surface area (Å²) >= 11 is 0. The zero-order valence-corrected chi connectivity index (χ0v) is 19.2. The van der Waals surface area contributed by atoms with Crippen LogP contribution in [0.25, 0.3) is 0 Å². The molecule has 2 saturated heterocycles. The van der Waals surface area contributed by atoms with E-state index in [2.05, 4.69) is 45.6 Å². The maximum absolute atomic E-state index is 12.1. The van der Waals surface area contributed by atoms with E-state index in [0.717, 1.165) is 38.3 Å². The van der Waals surface area contributed by atoms with Gasteiger partial charge in [0.25, 0.3) is 0 Å². The van der Waals surface area contributed by atoms with Crippen LogP contribution in [0.1, 0.15) is 32.1 Å². The van der Waals surface area contributed by atoms with Crippen molar-refractivity contribution in [3.63, 3.8) is 0 Å². The van der Waals surface area contributed by atoms with Gasteiger partial charge in [0.2, 0.25) is 5.91 Å². The highest BCUT2D eigenvalue weighted by Crippen LogP contribution is 2.22. The first-order valence-corrected chi connectivity index (χ1v) is 9.50. The van der Waals surface area contributed by atoms with Crippen LogP contribution in [0.3, 0.4) is 0 Å². The second-order valence-electron chi connectivity index (χ2n) is 7.53. The predicted molar refractivity (Wildman–Crippen MR) is 124 cm³/mol. The minimum atomic E-state index is 0. The van der Waals surface area contributed by atoms with E-state index in [4.69, 9.17) is 0 Å². The number of aromatic nitrogens is 1. The second-order valence-corrected chi connectivity index (χ2v) is 7.53. The lowest BCUT2D eigenvalue weighted by atomic mass is 10.0. The van der Waals surface area contributed by atoms with Crippen molar-refractivity contribution in [2.45, 2.75) is 38.1 Å². The Kier molecular flexibility index (Phi) is 13.1. The smallest absolute Gasteiger partial charge is 0.225 e. The van der Waals surface area contributed by atoms with Crippen LogP contribution < -0.4 is 15.5 Å². The molecule has 162 valence electrons. The molecule has 1 aromatic rings. The molecule has 0 aliphatic carbocycles. The highest BCUT2D eigenvalue weighted by molar-refractivity contribution is 5.89. The number of piperidine rings is 1. The summed E-state index contributed by atoms with van der Waals surface area (Å²) in [4.78, 5) is 21.2. The zero-order valence-electron chi connectivity index (χ0n) is 16.7. The Balaban J connectivity index is 0.00000243. The van der Waals surface area contributed by atoms with Crippen molar-refractivity contribution in [1.29, 1.82) is 0 Å². The molecule has 3 heterocycles. The fourth-order valence-corrected chi connectivity index (χ4v) is 3.79. The van der Waals surface area contributed by atoms with E-state index in [1.165, 1.54) is 19.3 Å². The first-order chi connectivity index (χ1) is 12.1. The molecule has 1 atom stereocenters. The minimum Gasteiger partial charge on any atom is -0.370 e. The normalized spacial score (nSPS) is 19.4. The molecule has 2 fully saturated rings. The largest absolute Gasteiger partial charge is 0.370 e. The molecule has 2 aliphatic heterocycles. The Hall–Kier alpha value is -0.790. The summed E-state index contributed by atoms with van der Waals surface area (Å²) in [5.41, 5.74) is 1.15. The number of carbonyl (C=O) groups is 1. The van der Waals surface area contributed by atoms with E-state index < -0.39 is 0 Å². The van der Waals surface area contributed by atoms with Gasteiger partial charge in [-0.1, -0.05) is 0 Å². The van der Waals surface area contributed by atoms with Gasteiger partial charge in [-0.25, -0.2) is 4.98 Å². The van der Waals surface area contributed by atoms with Crippen LogP contribution in [0, 0.1) is 5.92 Å². The molecule has 6 nitrogen and oxygen atoms in total. The molecule has 0 aromatic carbocycles. The van der Waals surface area contributed by atoms with Gasteiger partial charge in [0.15, 0.2) is 0 Å². The summed E-state index contributed by atoms with van der Waals surface area (Å²) in [5.74, 6) is 1.37. The van der Waals surface area contributed by atoms with Crippen molar-refractivity contribution in [3.8, 4) is 0 Å². The Morgan fingerprint density at radius 1 is 1.21 bits per heavy atom. The maximum atomic E-state index is 12.1. The van der Waals surface area contributed by atoms with Gasteiger partial charge in [-0.3, -0.25) is 4.79 Å². The number of halogens is 3. The fraction of sp³-hybridized carbons (Fsp3) is 0.684. The van der Waals surface area contributed by atoms with Crippen LogP contribution in [-0.4, -0.2) is 62.1 Å². The van der Waals surface area contributed by atoms with Crippen LogP contribution in [0.2, 0.25) is 0 Å². The molecule has 0 radical (unpaired) electrons. The summed E-state index contributed by atoms with van der Waals surface area (Å²) in [7, 11) is 4.31. The standard InChI is InChI=1S/C19H31N5O.3ClH/c1-23(2)16-8-11-24(12-9-16)17-4-5-18(21-14-17)22-19(25)6-3-15-7-10-20-13-15;;;/h4-5,14-16,20H,3,6-13H2,1-2H3,(H,21,22,25);3*1H. The van der Waals surface area contributed by atoms with Crippen molar-refractivity contribution in [2.24, 2.45) is 5.92 Å². The SMILES string of the molecule is CN(C)C1CCN(c2ccc(NC(=O)CCC3CCNC3)nc2)CC1.Cl.Cl.Cl. The number of nitrogens with zero attached hydrogens (tertiary/aromatic N) is 3. The molecule has 0 saturated carbocycles. The molecule has 0 bridgehead atoms. The number of rotatable bonds is 6. The molecule has 3 rings (SSSR count). The molecule has 2 aliphatic rings. The summed E-state index contributed by atoms with van der Waals surface area (Å²) in [5, 5.41) is 6.26. The number of amides is 1. The Morgan fingerprint density at radius 2 is 1.93 bits per heavy atom. The zero-order chi connectivity index (χ0) is 17.6. The van der Waals surface area contributed by atoms with Crippen molar-refractivity contribution in [2.75, 3.05) is 50.5 Å². The van der Waals surface area contributed by atoms with Crippen LogP contribution in [0.4, 0.5) is 11.5 Å². The topological polar surface area (TPSA) is 60.5 Å². The molecule has 1 unspecified atom stereocenters.